The fraction of sp³-hybridized carbons (Fsp3) is 1.00. The van der Waals surface area contributed by atoms with E-state index in [9.17, 15) is 0 Å². The molecule has 11 heavy (non-hydrogen) atoms. The molecule has 0 aromatic carbocycles. The summed E-state index contributed by atoms with van der Waals surface area (Å²) < 4.78 is 10.7. The van der Waals surface area contributed by atoms with E-state index >= 15 is 0 Å². The minimum atomic E-state index is 0.835. The molecule has 2 aliphatic rings. The highest BCUT2D eigenvalue weighted by atomic mass is 16.5. The van der Waals surface area contributed by atoms with Gasteiger partial charge in [0.15, 0.2) is 0 Å². The van der Waals surface area contributed by atoms with Crippen molar-refractivity contribution in [2.75, 3.05) is 26.4 Å². The first-order valence-electron chi connectivity index (χ1n) is 4.60. The Morgan fingerprint density at radius 1 is 0.909 bits per heavy atom. The molecular weight excluding hydrogens is 140 g/mol. The molecule has 2 unspecified atom stereocenters. The van der Waals surface area contributed by atoms with Gasteiger partial charge in [0, 0.05) is 26.4 Å². The maximum Gasteiger partial charge on any atom is 0.0495 e. The van der Waals surface area contributed by atoms with E-state index in [1.54, 1.807) is 0 Å². The van der Waals surface area contributed by atoms with E-state index < -0.39 is 0 Å². The van der Waals surface area contributed by atoms with E-state index in [1.807, 2.05) is 0 Å². The molecule has 2 heterocycles. The quantitative estimate of drug-likeness (QED) is 0.602. The van der Waals surface area contributed by atoms with Crippen molar-refractivity contribution in [1.29, 1.82) is 0 Å². The van der Waals surface area contributed by atoms with Crippen molar-refractivity contribution in [2.45, 2.75) is 19.3 Å². The maximum atomic E-state index is 5.33. The van der Waals surface area contributed by atoms with Crippen molar-refractivity contribution in [2.24, 2.45) is 11.8 Å². The first kappa shape index (κ1) is 7.56. The molecule has 0 spiro atoms. The monoisotopic (exact) mass is 156 g/mol. The third kappa shape index (κ3) is 1.94. The summed E-state index contributed by atoms with van der Waals surface area (Å²) in [4.78, 5) is 0. The van der Waals surface area contributed by atoms with E-state index in [1.165, 1.54) is 19.3 Å². The average molecular weight is 156 g/mol. The zero-order valence-electron chi connectivity index (χ0n) is 6.92. The zero-order valence-corrected chi connectivity index (χ0v) is 6.92. The topological polar surface area (TPSA) is 18.5 Å². The Bertz CT molecular complexity index is 98.7. The summed E-state index contributed by atoms with van der Waals surface area (Å²) in [6, 6.07) is 0. The SMILES string of the molecule is C1CC(CC2CCOC2)CO1. The molecule has 0 saturated carbocycles. The largest absolute Gasteiger partial charge is 0.381 e. The molecule has 0 aromatic heterocycles. The predicted molar refractivity (Wildman–Crippen MR) is 42.5 cm³/mol. The molecule has 64 valence electrons. The van der Waals surface area contributed by atoms with E-state index in [4.69, 9.17) is 9.47 Å². The van der Waals surface area contributed by atoms with Crippen LogP contribution in [0.1, 0.15) is 19.3 Å². The highest BCUT2D eigenvalue weighted by Crippen LogP contribution is 2.25. The maximum absolute atomic E-state index is 5.33. The van der Waals surface area contributed by atoms with Crippen LogP contribution in [-0.4, -0.2) is 26.4 Å². The van der Waals surface area contributed by atoms with Gasteiger partial charge in [-0.15, -0.1) is 0 Å². The second kappa shape index (κ2) is 3.55. The molecule has 0 aromatic rings. The number of rotatable bonds is 2. The lowest BCUT2D eigenvalue weighted by Crippen LogP contribution is -2.08. The summed E-state index contributed by atoms with van der Waals surface area (Å²) in [7, 11) is 0. The van der Waals surface area contributed by atoms with Crippen molar-refractivity contribution in [3.63, 3.8) is 0 Å². The third-order valence-electron chi connectivity index (χ3n) is 2.71. The second-order valence-electron chi connectivity index (χ2n) is 3.69. The summed E-state index contributed by atoms with van der Waals surface area (Å²) in [6.45, 7) is 3.96. The van der Waals surface area contributed by atoms with Gasteiger partial charge < -0.3 is 9.47 Å². The van der Waals surface area contributed by atoms with Gasteiger partial charge in [0.05, 0.1) is 0 Å². The molecule has 0 radical (unpaired) electrons. The number of ether oxygens (including phenoxy) is 2. The van der Waals surface area contributed by atoms with Crippen molar-refractivity contribution < 1.29 is 9.47 Å². The molecule has 2 atom stereocenters. The van der Waals surface area contributed by atoms with Crippen LogP contribution in [0.5, 0.6) is 0 Å². The minimum Gasteiger partial charge on any atom is -0.381 e. The van der Waals surface area contributed by atoms with Crippen LogP contribution < -0.4 is 0 Å². The Morgan fingerprint density at radius 3 is 1.82 bits per heavy atom. The van der Waals surface area contributed by atoms with E-state index in [-0.39, 0.29) is 0 Å². The van der Waals surface area contributed by atoms with Crippen LogP contribution in [0, 0.1) is 11.8 Å². The molecule has 0 amide bonds. The van der Waals surface area contributed by atoms with Crippen LogP contribution in [0.4, 0.5) is 0 Å². The predicted octanol–water partition coefficient (Wildman–Crippen LogP) is 1.45. The van der Waals surface area contributed by atoms with Gasteiger partial charge in [-0.3, -0.25) is 0 Å². The van der Waals surface area contributed by atoms with Crippen molar-refractivity contribution >= 4 is 0 Å². The summed E-state index contributed by atoms with van der Waals surface area (Å²) in [5.41, 5.74) is 0. The first-order chi connectivity index (χ1) is 5.45. The molecule has 2 aliphatic heterocycles. The van der Waals surface area contributed by atoms with Crippen molar-refractivity contribution in [3.8, 4) is 0 Å². The Labute approximate surface area is 67.9 Å². The lowest BCUT2D eigenvalue weighted by atomic mass is 9.93. The Morgan fingerprint density at radius 2 is 1.45 bits per heavy atom. The third-order valence-corrected chi connectivity index (χ3v) is 2.71. The standard InChI is InChI=1S/C9H16O2/c1-3-10-6-8(1)5-9-2-4-11-7-9/h8-9H,1-7H2. The summed E-state index contributed by atoms with van der Waals surface area (Å²) in [5, 5.41) is 0. The molecule has 0 aliphatic carbocycles. The lowest BCUT2D eigenvalue weighted by Gasteiger charge is -2.11. The molecule has 2 heteroatoms. The van der Waals surface area contributed by atoms with E-state index in [0.717, 1.165) is 38.3 Å². The van der Waals surface area contributed by atoms with Crippen LogP contribution >= 0.6 is 0 Å². The van der Waals surface area contributed by atoms with Crippen LogP contribution in [0.3, 0.4) is 0 Å². The van der Waals surface area contributed by atoms with Gasteiger partial charge >= 0.3 is 0 Å². The fourth-order valence-corrected chi connectivity index (χ4v) is 2.01. The van der Waals surface area contributed by atoms with Gasteiger partial charge in [-0.2, -0.15) is 0 Å². The molecule has 2 fully saturated rings. The van der Waals surface area contributed by atoms with Crippen molar-refractivity contribution in [1.82, 2.24) is 0 Å². The normalized spacial score (nSPS) is 38.2. The van der Waals surface area contributed by atoms with Gasteiger partial charge in [0.25, 0.3) is 0 Å². The van der Waals surface area contributed by atoms with Crippen molar-refractivity contribution in [3.05, 3.63) is 0 Å². The van der Waals surface area contributed by atoms with E-state index in [0.29, 0.717) is 0 Å². The van der Waals surface area contributed by atoms with Crippen LogP contribution in [0.2, 0.25) is 0 Å². The second-order valence-corrected chi connectivity index (χ2v) is 3.69. The first-order valence-corrected chi connectivity index (χ1v) is 4.60. The van der Waals surface area contributed by atoms with Crippen LogP contribution in [0.25, 0.3) is 0 Å². The Balaban J connectivity index is 1.71. The Kier molecular flexibility index (Phi) is 2.44. The highest BCUT2D eigenvalue weighted by molar-refractivity contribution is 4.72. The fourth-order valence-electron chi connectivity index (χ4n) is 2.01. The Hall–Kier alpha value is -0.0800. The molecule has 0 bridgehead atoms. The zero-order chi connectivity index (χ0) is 7.52. The molecule has 2 rings (SSSR count). The summed E-state index contributed by atoms with van der Waals surface area (Å²) in [5.74, 6) is 1.67. The van der Waals surface area contributed by atoms with E-state index in [2.05, 4.69) is 0 Å². The van der Waals surface area contributed by atoms with Gasteiger partial charge in [0.1, 0.15) is 0 Å². The lowest BCUT2D eigenvalue weighted by molar-refractivity contribution is 0.167. The van der Waals surface area contributed by atoms with Crippen LogP contribution in [0.15, 0.2) is 0 Å². The van der Waals surface area contributed by atoms with Gasteiger partial charge in [0.2, 0.25) is 0 Å². The smallest absolute Gasteiger partial charge is 0.0495 e. The molecule has 2 saturated heterocycles. The highest BCUT2D eigenvalue weighted by Gasteiger charge is 2.23. The molecule has 2 nitrogen and oxygen atoms in total. The van der Waals surface area contributed by atoms with Gasteiger partial charge in [-0.25, -0.2) is 0 Å². The number of hydrogen-bond donors (Lipinski definition) is 0. The average Bonchev–Trinajstić information content (AvgIpc) is 2.60. The van der Waals surface area contributed by atoms with Gasteiger partial charge in [-0.1, -0.05) is 0 Å². The van der Waals surface area contributed by atoms with Crippen LogP contribution in [-0.2, 0) is 9.47 Å². The molecule has 0 N–H and O–H groups in total. The minimum absolute atomic E-state index is 0.835. The molecular formula is C9H16O2. The summed E-state index contributed by atoms with van der Waals surface area (Å²) >= 11 is 0. The van der Waals surface area contributed by atoms with Gasteiger partial charge in [-0.05, 0) is 31.1 Å². The number of hydrogen-bond acceptors (Lipinski definition) is 2. The summed E-state index contributed by atoms with van der Waals surface area (Å²) in [6.07, 6.45) is 3.88.